The number of anilines is 2. The maximum Gasteiger partial charge on any atom is 0.243 e. The second-order valence-corrected chi connectivity index (χ2v) is 6.79. The summed E-state index contributed by atoms with van der Waals surface area (Å²) in [5.41, 5.74) is 1.35. The molecule has 26 heavy (non-hydrogen) atoms. The lowest BCUT2D eigenvalue weighted by Gasteiger charge is -2.15. The molecule has 0 aliphatic carbocycles. The molecular weight excluding hydrogens is 375 g/mol. The summed E-state index contributed by atoms with van der Waals surface area (Å²) >= 11 is 11.9. The molecule has 3 rings (SSSR count). The zero-order valence-electron chi connectivity index (χ0n) is 14.1. The normalized spacial score (nSPS) is 16.3. The van der Waals surface area contributed by atoms with Crippen LogP contribution in [0.1, 0.15) is 12.8 Å². The van der Waals surface area contributed by atoms with Crippen LogP contribution in [0.4, 0.5) is 11.4 Å². The fraction of sp³-hybridized carbons (Fsp3) is 0.316. The molecule has 1 amide bonds. The molecule has 1 heterocycles. The van der Waals surface area contributed by atoms with Crippen LogP contribution >= 0.6 is 23.2 Å². The highest BCUT2D eigenvalue weighted by Crippen LogP contribution is 2.26. The zero-order chi connectivity index (χ0) is 18.4. The van der Waals surface area contributed by atoms with Gasteiger partial charge in [0, 0.05) is 12.3 Å². The van der Waals surface area contributed by atoms with Crippen molar-refractivity contribution in [1.29, 1.82) is 0 Å². The molecule has 0 aromatic heterocycles. The predicted molar refractivity (Wildman–Crippen MR) is 104 cm³/mol. The number of benzene rings is 2. The van der Waals surface area contributed by atoms with Gasteiger partial charge in [0.2, 0.25) is 5.91 Å². The van der Waals surface area contributed by atoms with Gasteiger partial charge in [-0.15, -0.1) is 0 Å². The number of hydrogen-bond donors (Lipinski definition) is 2. The van der Waals surface area contributed by atoms with Crippen LogP contribution in [0.15, 0.2) is 42.5 Å². The van der Waals surface area contributed by atoms with Crippen LogP contribution in [0, 0.1) is 0 Å². The van der Waals surface area contributed by atoms with Crippen molar-refractivity contribution in [2.24, 2.45) is 0 Å². The Morgan fingerprint density at radius 1 is 1.19 bits per heavy atom. The molecule has 0 radical (unpaired) electrons. The van der Waals surface area contributed by atoms with Crippen molar-refractivity contribution in [2.45, 2.75) is 18.9 Å². The Balaban J connectivity index is 1.54. The number of carbonyl (C=O) groups is 1. The first-order chi connectivity index (χ1) is 12.6. The van der Waals surface area contributed by atoms with E-state index in [1.807, 2.05) is 24.3 Å². The third-order valence-electron chi connectivity index (χ3n) is 3.98. The lowest BCUT2D eigenvalue weighted by molar-refractivity contribution is -0.114. The van der Waals surface area contributed by atoms with E-state index in [9.17, 15) is 4.79 Å². The molecule has 0 bridgehead atoms. The summed E-state index contributed by atoms with van der Waals surface area (Å²) in [6, 6.07) is 12.5. The molecule has 138 valence electrons. The Labute approximate surface area is 162 Å². The van der Waals surface area contributed by atoms with E-state index in [-0.39, 0.29) is 18.6 Å². The maximum atomic E-state index is 12.2. The standard InChI is InChI=1S/C19H20Cl2N2O3/c20-15-8-7-13(10-16(15)21)22-11-19(24)23-17-5-1-2-6-18(17)26-12-14-4-3-9-25-14/h1-2,5-8,10,14,22H,3-4,9,11-12H2,(H,23,24). The molecule has 2 aromatic rings. The number of nitrogens with one attached hydrogen (secondary N) is 2. The van der Waals surface area contributed by atoms with Gasteiger partial charge in [-0.2, -0.15) is 0 Å². The van der Waals surface area contributed by atoms with E-state index in [0.29, 0.717) is 28.1 Å². The summed E-state index contributed by atoms with van der Waals surface area (Å²) in [6.45, 7) is 1.36. The van der Waals surface area contributed by atoms with Crippen molar-refractivity contribution in [3.63, 3.8) is 0 Å². The van der Waals surface area contributed by atoms with Gasteiger partial charge >= 0.3 is 0 Å². The molecule has 0 spiro atoms. The van der Waals surface area contributed by atoms with Crippen LogP contribution in [0.2, 0.25) is 10.0 Å². The molecule has 2 N–H and O–H groups in total. The van der Waals surface area contributed by atoms with Gasteiger partial charge in [0.1, 0.15) is 12.4 Å². The summed E-state index contributed by atoms with van der Waals surface area (Å²) in [7, 11) is 0. The minimum atomic E-state index is -0.191. The summed E-state index contributed by atoms with van der Waals surface area (Å²) in [5, 5.41) is 6.78. The third-order valence-corrected chi connectivity index (χ3v) is 4.72. The second-order valence-electron chi connectivity index (χ2n) is 5.97. The first kappa shape index (κ1) is 18.8. The zero-order valence-corrected chi connectivity index (χ0v) is 15.6. The van der Waals surface area contributed by atoms with E-state index in [0.717, 1.165) is 25.1 Å². The lowest BCUT2D eigenvalue weighted by atomic mass is 10.2. The average molecular weight is 395 g/mol. The topological polar surface area (TPSA) is 59.6 Å². The summed E-state index contributed by atoms with van der Waals surface area (Å²) in [6.07, 6.45) is 2.18. The molecule has 1 saturated heterocycles. The van der Waals surface area contributed by atoms with E-state index < -0.39 is 0 Å². The van der Waals surface area contributed by atoms with Crippen molar-refractivity contribution in [3.05, 3.63) is 52.5 Å². The van der Waals surface area contributed by atoms with Crippen LogP contribution in [0.25, 0.3) is 0 Å². The van der Waals surface area contributed by atoms with Gasteiger partial charge in [-0.25, -0.2) is 0 Å². The van der Waals surface area contributed by atoms with Gasteiger partial charge < -0.3 is 20.1 Å². The van der Waals surface area contributed by atoms with Crippen molar-refractivity contribution < 1.29 is 14.3 Å². The van der Waals surface area contributed by atoms with E-state index in [4.69, 9.17) is 32.7 Å². The van der Waals surface area contributed by atoms with E-state index in [1.165, 1.54) is 0 Å². The quantitative estimate of drug-likeness (QED) is 0.719. The summed E-state index contributed by atoms with van der Waals surface area (Å²) in [5.74, 6) is 0.440. The number of hydrogen-bond acceptors (Lipinski definition) is 4. The second kappa shape index (κ2) is 9.12. The highest BCUT2D eigenvalue weighted by Gasteiger charge is 2.17. The fourth-order valence-corrected chi connectivity index (χ4v) is 2.94. The molecule has 0 saturated carbocycles. The van der Waals surface area contributed by atoms with Gasteiger partial charge in [-0.1, -0.05) is 35.3 Å². The number of para-hydroxylation sites is 2. The SMILES string of the molecule is O=C(CNc1ccc(Cl)c(Cl)c1)Nc1ccccc1OCC1CCCO1. The molecule has 1 unspecified atom stereocenters. The Kier molecular flexibility index (Phi) is 6.61. The van der Waals surface area contributed by atoms with Crippen molar-refractivity contribution in [2.75, 3.05) is 30.4 Å². The first-order valence-electron chi connectivity index (χ1n) is 8.44. The van der Waals surface area contributed by atoms with Gasteiger partial charge in [0.25, 0.3) is 0 Å². The van der Waals surface area contributed by atoms with Gasteiger partial charge in [0.05, 0.1) is 28.4 Å². The van der Waals surface area contributed by atoms with Crippen molar-refractivity contribution >= 4 is 40.5 Å². The Morgan fingerprint density at radius 2 is 2.04 bits per heavy atom. The van der Waals surface area contributed by atoms with Crippen molar-refractivity contribution in [3.8, 4) is 5.75 Å². The van der Waals surface area contributed by atoms with Crippen LogP contribution < -0.4 is 15.4 Å². The molecule has 5 nitrogen and oxygen atoms in total. The average Bonchev–Trinajstić information content (AvgIpc) is 3.15. The van der Waals surface area contributed by atoms with Crippen LogP contribution in [-0.2, 0) is 9.53 Å². The molecule has 1 atom stereocenters. The number of ether oxygens (including phenoxy) is 2. The molecule has 2 aromatic carbocycles. The fourth-order valence-electron chi connectivity index (χ4n) is 2.64. The minimum Gasteiger partial charge on any atom is -0.489 e. The summed E-state index contributed by atoms with van der Waals surface area (Å²) in [4.78, 5) is 12.2. The number of carbonyl (C=O) groups excluding carboxylic acids is 1. The minimum absolute atomic E-state index is 0.0953. The molecule has 1 fully saturated rings. The van der Waals surface area contributed by atoms with E-state index in [1.54, 1.807) is 18.2 Å². The third kappa shape index (κ3) is 5.27. The van der Waals surface area contributed by atoms with Gasteiger partial charge in [-0.3, -0.25) is 4.79 Å². The number of halogens is 2. The predicted octanol–water partition coefficient (Wildman–Crippen LogP) is 4.60. The first-order valence-corrected chi connectivity index (χ1v) is 9.19. The van der Waals surface area contributed by atoms with E-state index >= 15 is 0 Å². The molecule has 7 heteroatoms. The largest absolute Gasteiger partial charge is 0.489 e. The Bertz CT molecular complexity index is 764. The van der Waals surface area contributed by atoms with Crippen LogP contribution in [-0.4, -0.2) is 31.8 Å². The number of amides is 1. The Hall–Kier alpha value is -1.95. The van der Waals surface area contributed by atoms with Gasteiger partial charge in [-0.05, 0) is 43.2 Å². The summed E-state index contributed by atoms with van der Waals surface area (Å²) < 4.78 is 11.4. The molecule has 1 aliphatic rings. The van der Waals surface area contributed by atoms with Crippen LogP contribution in [0.5, 0.6) is 5.75 Å². The van der Waals surface area contributed by atoms with Crippen molar-refractivity contribution in [1.82, 2.24) is 0 Å². The lowest BCUT2D eigenvalue weighted by Crippen LogP contribution is -2.22. The monoisotopic (exact) mass is 394 g/mol. The highest BCUT2D eigenvalue weighted by molar-refractivity contribution is 6.42. The number of rotatable bonds is 7. The van der Waals surface area contributed by atoms with Crippen LogP contribution in [0.3, 0.4) is 0 Å². The molecule has 1 aliphatic heterocycles. The smallest absolute Gasteiger partial charge is 0.243 e. The molecular formula is C19H20Cl2N2O3. The highest BCUT2D eigenvalue weighted by atomic mass is 35.5. The van der Waals surface area contributed by atoms with E-state index in [2.05, 4.69) is 10.6 Å². The Morgan fingerprint density at radius 3 is 2.81 bits per heavy atom. The van der Waals surface area contributed by atoms with Gasteiger partial charge in [0.15, 0.2) is 0 Å². The maximum absolute atomic E-state index is 12.2.